The van der Waals surface area contributed by atoms with E-state index < -0.39 is 10.0 Å². The van der Waals surface area contributed by atoms with Crippen LogP contribution in [0.25, 0.3) is 22.2 Å². The lowest BCUT2D eigenvalue weighted by molar-refractivity contribution is 0.415. The van der Waals surface area contributed by atoms with Gasteiger partial charge in [0.2, 0.25) is 10.0 Å². The van der Waals surface area contributed by atoms with Crippen LogP contribution < -0.4 is 9.46 Å². The molecule has 2 aromatic carbocycles. The molecule has 0 bridgehead atoms. The molecule has 1 heterocycles. The average Bonchev–Trinajstić information content (AvgIpc) is 3.47. The molecule has 1 aromatic heterocycles. The molecule has 7 heteroatoms. The van der Waals surface area contributed by atoms with E-state index in [1.807, 2.05) is 30.3 Å². The second-order valence-corrected chi connectivity index (χ2v) is 10.9. The lowest BCUT2D eigenvalue weighted by Gasteiger charge is -2.16. The van der Waals surface area contributed by atoms with Gasteiger partial charge in [-0.3, -0.25) is 4.72 Å². The summed E-state index contributed by atoms with van der Waals surface area (Å²) in [7, 11) is -1.65. The summed E-state index contributed by atoms with van der Waals surface area (Å²) in [5.41, 5.74) is 4.00. The number of nitrogens with zero attached hydrogens (tertiary/aromatic N) is 2. The third-order valence-electron chi connectivity index (χ3n) is 6.68. The zero-order chi connectivity index (χ0) is 22.3. The zero-order valence-electron chi connectivity index (χ0n) is 18.2. The van der Waals surface area contributed by atoms with E-state index in [2.05, 4.69) is 15.4 Å². The number of hydrogen-bond donors (Lipinski definition) is 1. The van der Waals surface area contributed by atoms with E-state index in [4.69, 9.17) is 4.74 Å². The number of sulfonamides is 1. The molecule has 0 spiro atoms. The van der Waals surface area contributed by atoms with Gasteiger partial charge in [0, 0.05) is 23.7 Å². The van der Waals surface area contributed by atoms with Crippen molar-refractivity contribution in [1.82, 2.24) is 4.57 Å². The van der Waals surface area contributed by atoms with Crippen molar-refractivity contribution in [3.8, 4) is 23.1 Å². The van der Waals surface area contributed by atoms with Crippen LogP contribution in [-0.2, 0) is 16.6 Å². The molecule has 32 heavy (non-hydrogen) atoms. The highest BCUT2D eigenvalue weighted by atomic mass is 32.2. The molecule has 0 radical (unpaired) electrons. The van der Waals surface area contributed by atoms with Crippen LogP contribution in [0.1, 0.15) is 44.1 Å². The SMILES string of the molecule is COc1ccc2c(C#N)c(-c3ccc(NS(=O)(=O)C4CC4)cc3)n(CC3CCCC3)c2c1. The molecule has 5 rings (SSSR count). The number of methoxy groups -OCH3 is 1. The number of aromatic nitrogens is 1. The van der Waals surface area contributed by atoms with Gasteiger partial charge < -0.3 is 9.30 Å². The van der Waals surface area contributed by atoms with Gasteiger partial charge in [0.1, 0.15) is 11.8 Å². The van der Waals surface area contributed by atoms with Crippen molar-refractivity contribution in [2.24, 2.45) is 5.92 Å². The fourth-order valence-electron chi connectivity index (χ4n) is 4.83. The van der Waals surface area contributed by atoms with Crippen LogP contribution >= 0.6 is 0 Å². The lowest BCUT2D eigenvalue weighted by Crippen LogP contribution is -2.17. The van der Waals surface area contributed by atoms with Crippen LogP contribution in [0, 0.1) is 17.2 Å². The van der Waals surface area contributed by atoms with E-state index in [-0.39, 0.29) is 5.25 Å². The number of nitrogens with one attached hydrogen (secondary N) is 1. The van der Waals surface area contributed by atoms with Crippen molar-refractivity contribution in [3.05, 3.63) is 48.0 Å². The summed E-state index contributed by atoms with van der Waals surface area (Å²) in [5, 5.41) is 10.7. The number of anilines is 1. The molecule has 3 aromatic rings. The van der Waals surface area contributed by atoms with E-state index in [1.54, 1.807) is 19.2 Å². The molecule has 2 saturated carbocycles. The number of ether oxygens (including phenoxy) is 1. The highest BCUT2D eigenvalue weighted by molar-refractivity contribution is 7.93. The first-order valence-electron chi connectivity index (χ1n) is 11.2. The fourth-order valence-corrected chi connectivity index (χ4v) is 6.22. The van der Waals surface area contributed by atoms with Gasteiger partial charge in [0.25, 0.3) is 0 Å². The van der Waals surface area contributed by atoms with Crippen LogP contribution in [0.2, 0.25) is 0 Å². The van der Waals surface area contributed by atoms with Gasteiger partial charge in [0.05, 0.1) is 29.1 Å². The van der Waals surface area contributed by atoms with E-state index >= 15 is 0 Å². The van der Waals surface area contributed by atoms with E-state index in [9.17, 15) is 13.7 Å². The second-order valence-electron chi connectivity index (χ2n) is 8.90. The number of fused-ring (bicyclic) bond motifs is 1. The topological polar surface area (TPSA) is 84.1 Å². The Bertz CT molecular complexity index is 1290. The third kappa shape index (κ3) is 3.84. The molecule has 6 nitrogen and oxygen atoms in total. The minimum Gasteiger partial charge on any atom is -0.497 e. The molecule has 166 valence electrons. The quantitative estimate of drug-likeness (QED) is 0.532. The average molecular weight is 450 g/mol. The van der Waals surface area contributed by atoms with Crippen LogP contribution in [0.4, 0.5) is 5.69 Å². The third-order valence-corrected chi connectivity index (χ3v) is 8.55. The molecule has 0 unspecified atom stereocenters. The van der Waals surface area contributed by atoms with Gasteiger partial charge in [-0.2, -0.15) is 5.26 Å². The van der Waals surface area contributed by atoms with Gasteiger partial charge in [-0.05, 0) is 61.4 Å². The Labute approximate surface area is 188 Å². The predicted octanol–water partition coefficient (Wildman–Crippen LogP) is 5.28. The minimum absolute atomic E-state index is 0.267. The Hall–Kier alpha value is -2.98. The number of hydrogen-bond acceptors (Lipinski definition) is 4. The maximum absolute atomic E-state index is 12.3. The summed E-state index contributed by atoms with van der Waals surface area (Å²) >= 11 is 0. The summed E-state index contributed by atoms with van der Waals surface area (Å²) in [4.78, 5) is 0. The number of nitriles is 1. The van der Waals surface area contributed by atoms with Crippen LogP contribution in [0.3, 0.4) is 0 Å². The van der Waals surface area contributed by atoms with Gasteiger partial charge >= 0.3 is 0 Å². The summed E-state index contributed by atoms with van der Waals surface area (Å²) in [5.74, 6) is 1.36. The maximum Gasteiger partial charge on any atom is 0.235 e. The highest BCUT2D eigenvalue weighted by Gasteiger charge is 2.35. The Balaban J connectivity index is 1.59. The smallest absolute Gasteiger partial charge is 0.235 e. The summed E-state index contributed by atoms with van der Waals surface area (Å²) in [6.07, 6.45) is 6.36. The summed E-state index contributed by atoms with van der Waals surface area (Å²) < 4.78 is 35.0. The van der Waals surface area contributed by atoms with Crippen molar-refractivity contribution in [2.45, 2.75) is 50.3 Å². The lowest BCUT2D eigenvalue weighted by atomic mass is 10.0. The zero-order valence-corrected chi connectivity index (χ0v) is 19.0. The van der Waals surface area contributed by atoms with Gasteiger partial charge in [-0.15, -0.1) is 0 Å². The largest absolute Gasteiger partial charge is 0.497 e. The summed E-state index contributed by atoms with van der Waals surface area (Å²) in [6, 6.07) is 15.7. The van der Waals surface area contributed by atoms with Crippen LogP contribution in [-0.4, -0.2) is 25.3 Å². The van der Waals surface area contributed by atoms with E-state index in [0.29, 0.717) is 17.2 Å². The monoisotopic (exact) mass is 449 g/mol. The molecule has 0 amide bonds. The van der Waals surface area contributed by atoms with Crippen molar-refractivity contribution < 1.29 is 13.2 Å². The van der Waals surface area contributed by atoms with Crippen molar-refractivity contribution in [2.75, 3.05) is 11.8 Å². The number of rotatable bonds is 7. The maximum atomic E-state index is 12.3. The molecule has 0 atom stereocenters. The van der Waals surface area contributed by atoms with Crippen LogP contribution in [0.5, 0.6) is 5.75 Å². The molecule has 2 fully saturated rings. The highest BCUT2D eigenvalue weighted by Crippen LogP contribution is 2.38. The van der Waals surface area contributed by atoms with Gasteiger partial charge in [-0.25, -0.2) is 8.42 Å². The molecule has 1 N–H and O–H groups in total. The van der Waals surface area contributed by atoms with Gasteiger partial charge in [0.15, 0.2) is 0 Å². The first kappa shape index (κ1) is 20.9. The first-order chi connectivity index (χ1) is 15.5. The van der Waals surface area contributed by atoms with E-state index in [0.717, 1.165) is 47.3 Å². The molecule has 0 aliphatic heterocycles. The first-order valence-corrected chi connectivity index (χ1v) is 12.8. The minimum atomic E-state index is -3.30. The Morgan fingerprint density at radius 3 is 2.44 bits per heavy atom. The van der Waals surface area contributed by atoms with Crippen molar-refractivity contribution in [1.29, 1.82) is 5.26 Å². The Kier molecular flexibility index (Phi) is 5.34. The summed E-state index contributed by atoms with van der Waals surface area (Å²) in [6.45, 7) is 0.858. The molecular weight excluding hydrogens is 422 g/mol. The Morgan fingerprint density at radius 1 is 1.09 bits per heavy atom. The van der Waals surface area contributed by atoms with Crippen molar-refractivity contribution >= 4 is 26.6 Å². The molecule has 0 saturated heterocycles. The van der Waals surface area contributed by atoms with Crippen molar-refractivity contribution in [3.63, 3.8) is 0 Å². The number of benzene rings is 2. The molecular formula is C25H27N3O3S. The molecule has 2 aliphatic rings. The predicted molar refractivity (Wildman–Crippen MR) is 126 cm³/mol. The second kappa shape index (κ2) is 8.18. The standard InChI is InChI=1S/C25H27N3O3S/c1-31-20-10-13-22-23(15-26)25(28(24(22)14-20)16-17-4-2-3-5-17)18-6-8-19(9-7-18)27-32(29,30)21-11-12-21/h6-10,13-14,17,21,27H,2-5,11-12,16H2,1H3. The van der Waals surface area contributed by atoms with Crippen LogP contribution in [0.15, 0.2) is 42.5 Å². The molecule has 2 aliphatic carbocycles. The van der Waals surface area contributed by atoms with Gasteiger partial charge in [-0.1, -0.05) is 25.0 Å². The normalized spacial score (nSPS) is 16.9. The fraction of sp³-hybridized carbons (Fsp3) is 0.400. The van der Waals surface area contributed by atoms with E-state index in [1.165, 1.54) is 25.7 Å². The Morgan fingerprint density at radius 2 is 1.81 bits per heavy atom.